The molecule has 4 heteroatoms. The van der Waals surface area contributed by atoms with Crippen molar-refractivity contribution < 1.29 is 19.0 Å². The zero-order chi connectivity index (χ0) is 10.8. The summed E-state index contributed by atoms with van der Waals surface area (Å²) in [6.45, 7) is 2.94. The maximum absolute atomic E-state index is 11.4. The zero-order valence-electron chi connectivity index (χ0n) is 8.86. The Labute approximate surface area is 88.5 Å². The van der Waals surface area contributed by atoms with E-state index in [1.807, 2.05) is 13.0 Å². The molecule has 0 aromatic heterocycles. The first-order valence-corrected chi connectivity index (χ1v) is 5.03. The number of ether oxygens (including phenoxy) is 3. The summed E-state index contributed by atoms with van der Waals surface area (Å²) in [5, 5.41) is 0. The number of carbonyl (C=O) groups is 1. The van der Waals surface area contributed by atoms with Gasteiger partial charge in [0.2, 0.25) is 0 Å². The van der Waals surface area contributed by atoms with Crippen molar-refractivity contribution in [3.8, 4) is 0 Å². The summed E-state index contributed by atoms with van der Waals surface area (Å²) in [6, 6.07) is 0. The van der Waals surface area contributed by atoms with Crippen molar-refractivity contribution in [1.29, 1.82) is 0 Å². The van der Waals surface area contributed by atoms with Gasteiger partial charge in [-0.05, 0) is 13.0 Å². The third kappa shape index (κ3) is 1.71. The highest BCUT2D eigenvalue weighted by Crippen LogP contribution is 2.35. The van der Waals surface area contributed by atoms with Crippen LogP contribution < -0.4 is 0 Å². The van der Waals surface area contributed by atoms with Crippen molar-refractivity contribution in [3.05, 3.63) is 23.7 Å². The van der Waals surface area contributed by atoms with Crippen LogP contribution in [0.1, 0.15) is 6.92 Å². The van der Waals surface area contributed by atoms with E-state index in [0.717, 1.165) is 5.76 Å². The predicted octanol–water partition coefficient (Wildman–Crippen LogP) is 1.24. The topological polar surface area (TPSA) is 44.8 Å². The van der Waals surface area contributed by atoms with E-state index < -0.39 is 0 Å². The highest BCUT2D eigenvalue weighted by atomic mass is 16.5. The minimum Gasteiger partial charge on any atom is -0.500 e. The number of hydrogen-bond donors (Lipinski definition) is 0. The van der Waals surface area contributed by atoms with Crippen LogP contribution in [0.3, 0.4) is 0 Å². The van der Waals surface area contributed by atoms with Gasteiger partial charge in [0.05, 0.1) is 20.3 Å². The molecule has 0 radical (unpaired) electrons. The fraction of sp³-hybridized carbons (Fsp3) is 0.545. The van der Waals surface area contributed by atoms with Crippen LogP contribution in [0.4, 0.5) is 0 Å². The summed E-state index contributed by atoms with van der Waals surface area (Å²) in [4.78, 5) is 11.4. The van der Waals surface area contributed by atoms with Gasteiger partial charge in [-0.2, -0.15) is 0 Å². The lowest BCUT2D eigenvalue weighted by Gasteiger charge is -2.20. The van der Waals surface area contributed by atoms with Crippen LogP contribution in [-0.4, -0.2) is 26.3 Å². The van der Waals surface area contributed by atoms with Crippen molar-refractivity contribution in [3.63, 3.8) is 0 Å². The first-order valence-electron chi connectivity index (χ1n) is 5.03. The molecule has 1 fully saturated rings. The Morgan fingerprint density at radius 3 is 3.07 bits per heavy atom. The zero-order valence-corrected chi connectivity index (χ0v) is 8.86. The smallest absolute Gasteiger partial charge is 0.317 e. The number of hydrogen-bond acceptors (Lipinski definition) is 4. The third-order valence-electron chi connectivity index (χ3n) is 2.62. The average Bonchev–Trinajstić information content (AvgIpc) is 2.60. The molecular formula is C11H14O4. The molecule has 1 heterocycles. The molecule has 0 saturated carbocycles. The van der Waals surface area contributed by atoms with Crippen LogP contribution in [0.25, 0.3) is 0 Å². The highest BCUT2D eigenvalue weighted by Gasteiger charge is 2.41. The van der Waals surface area contributed by atoms with Crippen molar-refractivity contribution in [2.75, 3.05) is 20.3 Å². The summed E-state index contributed by atoms with van der Waals surface area (Å²) in [5.74, 6) is 0.959. The largest absolute Gasteiger partial charge is 0.500 e. The van der Waals surface area contributed by atoms with Gasteiger partial charge in [0, 0.05) is 12.0 Å². The molecule has 2 rings (SSSR count). The second kappa shape index (κ2) is 3.96. The van der Waals surface area contributed by atoms with Crippen LogP contribution in [0.15, 0.2) is 23.7 Å². The summed E-state index contributed by atoms with van der Waals surface area (Å²) in [7, 11) is 1.56. The van der Waals surface area contributed by atoms with Gasteiger partial charge in [-0.25, -0.2) is 0 Å². The number of carbonyl (C=O) groups excluding carboxylic acids is 1. The van der Waals surface area contributed by atoms with E-state index in [0.29, 0.717) is 19.0 Å². The molecule has 0 amide bonds. The van der Waals surface area contributed by atoms with E-state index in [1.54, 1.807) is 13.2 Å². The van der Waals surface area contributed by atoms with E-state index >= 15 is 0 Å². The molecular weight excluding hydrogens is 196 g/mol. The SMILES string of the molecule is CCOC1=CC2COC(=O)C2C(OC)=C1. The van der Waals surface area contributed by atoms with Gasteiger partial charge in [-0.3, -0.25) is 4.79 Å². The fourth-order valence-electron chi connectivity index (χ4n) is 1.94. The molecule has 0 N–H and O–H groups in total. The summed E-state index contributed by atoms with van der Waals surface area (Å²) in [6.07, 6.45) is 3.69. The molecule has 2 atom stereocenters. The number of esters is 1. The third-order valence-corrected chi connectivity index (χ3v) is 2.62. The number of allylic oxidation sites excluding steroid dienone is 1. The van der Waals surface area contributed by atoms with Crippen molar-refractivity contribution in [2.45, 2.75) is 6.92 Å². The molecule has 2 aliphatic rings. The van der Waals surface area contributed by atoms with Gasteiger partial charge in [0.25, 0.3) is 0 Å². The number of cyclic esters (lactones) is 1. The molecule has 82 valence electrons. The Balaban J connectivity index is 2.25. The minimum atomic E-state index is -0.279. The maximum atomic E-state index is 11.4. The number of rotatable bonds is 3. The number of methoxy groups -OCH3 is 1. The molecule has 4 nitrogen and oxygen atoms in total. The Hall–Kier alpha value is -1.45. The van der Waals surface area contributed by atoms with Gasteiger partial charge in [-0.1, -0.05) is 0 Å². The fourth-order valence-corrected chi connectivity index (χ4v) is 1.94. The van der Waals surface area contributed by atoms with Gasteiger partial charge in [0.1, 0.15) is 17.4 Å². The quantitative estimate of drug-likeness (QED) is 0.657. The average molecular weight is 210 g/mol. The van der Waals surface area contributed by atoms with E-state index in [1.165, 1.54) is 0 Å². The lowest BCUT2D eigenvalue weighted by atomic mass is 9.89. The van der Waals surface area contributed by atoms with Gasteiger partial charge < -0.3 is 14.2 Å². The van der Waals surface area contributed by atoms with Crippen LogP contribution in [-0.2, 0) is 19.0 Å². The molecule has 1 saturated heterocycles. The van der Waals surface area contributed by atoms with Crippen molar-refractivity contribution in [1.82, 2.24) is 0 Å². The number of fused-ring (bicyclic) bond motifs is 1. The molecule has 2 unspecified atom stereocenters. The standard InChI is InChI=1S/C11H14O4/c1-3-14-8-4-7-6-15-11(12)10(7)9(5-8)13-2/h4-5,7,10H,3,6H2,1-2H3. The van der Waals surface area contributed by atoms with Gasteiger partial charge in [-0.15, -0.1) is 0 Å². The Morgan fingerprint density at radius 1 is 1.60 bits per heavy atom. The van der Waals surface area contributed by atoms with Crippen molar-refractivity contribution >= 4 is 5.97 Å². The highest BCUT2D eigenvalue weighted by molar-refractivity contribution is 5.78. The minimum absolute atomic E-state index is 0.0546. The monoisotopic (exact) mass is 210 g/mol. The molecule has 0 aromatic carbocycles. The molecule has 0 bridgehead atoms. The van der Waals surface area contributed by atoms with E-state index in [2.05, 4.69) is 0 Å². The molecule has 15 heavy (non-hydrogen) atoms. The van der Waals surface area contributed by atoms with E-state index in [-0.39, 0.29) is 17.8 Å². The Morgan fingerprint density at radius 2 is 2.40 bits per heavy atom. The second-order valence-corrected chi connectivity index (χ2v) is 3.52. The summed E-state index contributed by atoms with van der Waals surface area (Å²) >= 11 is 0. The van der Waals surface area contributed by atoms with E-state index in [9.17, 15) is 4.79 Å². The first kappa shape index (κ1) is 10.1. The summed E-state index contributed by atoms with van der Waals surface area (Å²) < 4.78 is 15.6. The molecule has 0 spiro atoms. The van der Waals surface area contributed by atoms with Crippen LogP contribution in [0, 0.1) is 11.8 Å². The maximum Gasteiger partial charge on any atom is 0.317 e. The Kier molecular flexibility index (Phi) is 2.66. The van der Waals surface area contributed by atoms with Crippen LogP contribution in [0.2, 0.25) is 0 Å². The second-order valence-electron chi connectivity index (χ2n) is 3.52. The predicted molar refractivity (Wildman–Crippen MR) is 52.7 cm³/mol. The molecule has 1 aliphatic carbocycles. The van der Waals surface area contributed by atoms with Crippen LogP contribution >= 0.6 is 0 Å². The van der Waals surface area contributed by atoms with E-state index in [4.69, 9.17) is 14.2 Å². The van der Waals surface area contributed by atoms with Gasteiger partial charge >= 0.3 is 5.97 Å². The summed E-state index contributed by atoms with van der Waals surface area (Å²) in [5.41, 5.74) is 0. The lowest BCUT2D eigenvalue weighted by Crippen LogP contribution is -2.22. The normalized spacial score (nSPS) is 28.8. The first-order chi connectivity index (χ1) is 7.26. The van der Waals surface area contributed by atoms with Crippen LogP contribution in [0.5, 0.6) is 0 Å². The lowest BCUT2D eigenvalue weighted by molar-refractivity contribution is -0.141. The Bertz CT molecular complexity index is 329. The molecule has 1 aliphatic heterocycles. The van der Waals surface area contributed by atoms with Gasteiger partial charge in [0.15, 0.2) is 0 Å². The molecule has 0 aromatic rings. The van der Waals surface area contributed by atoms with Crippen molar-refractivity contribution in [2.24, 2.45) is 11.8 Å².